The van der Waals surface area contributed by atoms with Crippen molar-refractivity contribution >= 4 is 12.3 Å². The van der Waals surface area contributed by atoms with Gasteiger partial charge in [0, 0.05) is 0 Å². The third-order valence-electron chi connectivity index (χ3n) is 1.42. The van der Waals surface area contributed by atoms with Crippen LogP contribution in [0.3, 0.4) is 0 Å². The first-order valence-corrected chi connectivity index (χ1v) is 3.32. The van der Waals surface area contributed by atoms with Crippen LogP contribution in [0.1, 0.15) is 0 Å². The van der Waals surface area contributed by atoms with Crippen LogP contribution in [0.15, 0.2) is 0 Å². The standard InChI is InChI=1S/C6H10O7.6H2O/c7-1-2(8)3(9)4(10)5(11)6(12)13;;;;;;/h1-5,8-11H,(H,12,13);6*1H2/t2-,3+,4+,5-;;;;;;/m0....../s1. The van der Waals surface area contributed by atoms with Crippen molar-refractivity contribution in [2.75, 3.05) is 0 Å². The number of carbonyl (C=O) groups excluding carboxylic acids is 1. The maximum Gasteiger partial charge on any atom is 0.335 e. The molecule has 0 aromatic heterocycles. The van der Waals surface area contributed by atoms with Crippen LogP contribution in [0.25, 0.3) is 0 Å². The van der Waals surface area contributed by atoms with Gasteiger partial charge in [-0.15, -0.1) is 0 Å². The van der Waals surface area contributed by atoms with Crippen molar-refractivity contribution in [1.29, 1.82) is 0 Å². The SMILES string of the molecule is O.O.O.O.O.O.O=C[C@H](O)[C@@H](O)[C@@H](O)[C@H](O)C(=O)O. The Bertz CT molecular complexity index is 196. The van der Waals surface area contributed by atoms with Crippen molar-refractivity contribution in [2.24, 2.45) is 0 Å². The predicted octanol–water partition coefficient (Wildman–Crippen LogP) is -8.23. The quantitative estimate of drug-likeness (QED) is 0.304. The van der Waals surface area contributed by atoms with Crippen molar-refractivity contribution in [3.8, 4) is 0 Å². The molecule has 13 nitrogen and oxygen atoms in total. The summed E-state index contributed by atoms with van der Waals surface area (Å²) < 4.78 is 0. The number of hydrogen-bond acceptors (Lipinski definition) is 6. The third kappa shape index (κ3) is 13.0. The van der Waals surface area contributed by atoms with Crippen molar-refractivity contribution in [2.45, 2.75) is 24.4 Å². The van der Waals surface area contributed by atoms with E-state index in [2.05, 4.69) is 0 Å². The van der Waals surface area contributed by atoms with E-state index in [4.69, 9.17) is 25.5 Å². The minimum atomic E-state index is -2.25. The molecule has 0 saturated heterocycles. The lowest BCUT2D eigenvalue weighted by Crippen LogP contribution is -2.48. The summed E-state index contributed by atoms with van der Waals surface area (Å²) in [5.41, 5.74) is 0. The number of carbonyl (C=O) groups is 2. The molecule has 0 spiro atoms. The fourth-order valence-corrected chi connectivity index (χ4v) is 0.615. The van der Waals surface area contributed by atoms with Crippen LogP contribution in [-0.2, 0) is 9.59 Å². The van der Waals surface area contributed by atoms with Gasteiger partial charge in [-0.1, -0.05) is 0 Å². The Hall–Kier alpha value is -1.26. The van der Waals surface area contributed by atoms with E-state index in [1.807, 2.05) is 0 Å². The van der Waals surface area contributed by atoms with Gasteiger partial charge in [-0.25, -0.2) is 4.79 Å². The highest BCUT2D eigenvalue weighted by Gasteiger charge is 2.33. The summed E-state index contributed by atoms with van der Waals surface area (Å²) in [4.78, 5) is 20.0. The van der Waals surface area contributed by atoms with E-state index in [-0.39, 0.29) is 39.1 Å². The van der Waals surface area contributed by atoms with E-state index in [9.17, 15) is 9.59 Å². The molecular weight excluding hydrogens is 280 g/mol. The van der Waals surface area contributed by atoms with E-state index in [1.54, 1.807) is 0 Å². The minimum Gasteiger partial charge on any atom is -0.479 e. The molecule has 0 amide bonds. The molecule has 17 N–H and O–H groups in total. The number of aliphatic hydroxyl groups excluding tert-OH is 4. The van der Waals surface area contributed by atoms with Crippen LogP contribution in [0, 0.1) is 0 Å². The molecule has 124 valence electrons. The summed E-state index contributed by atoms with van der Waals surface area (Å²) in [6.45, 7) is 0. The van der Waals surface area contributed by atoms with Gasteiger partial charge in [0.15, 0.2) is 12.4 Å². The maximum absolute atomic E-state index is 10.1. The molecule has 0 rings (SSSR count). The molecule has 19 heavy (non-hydrogen) atoms. The maximum atomic E-state index is 10.1. The molecule has 0 aromatic carbocycles. The van der Waals surface area contributed by atoms with E-state index in [0.29, 0.717) is 0 Å². The minimum absolute atomic E-state index is 0. The molecule has 0 heterocycles. The van der Waals surface area contributed by atoms with Gasteiger partial charge >= 0.3 is 5.97 Å². The van der Waals surface area contributed by atoms with Crippen LogP contribution in [0.5, 0.6) is 0 Å². The van der Waals surface area contributed by atoms with Crippen LogP contribution in [0.2, 0.25) is 0 Å². The van der Waals surface area contributed by atoms with Crippen LogP contribution < -0.4 is 0 Å². The molecule has 0 saturated carbocycles. The van der Waals surface area contributed by atoms with E-state index in [0.717, 1.165) is 0 Å². The molecule has 0 aromatic rings. The molecule has 0 aliphatic rings. The summed E-state index contributed by atoms with van der Waals surface area (Å²) in [6, 6.07) is 0. The largest absolute Gasteiger partial charge is 0.479 e. The summed E-state index contributed by atoms with van der Waals surface area (Å²) in [5, 5.41) is 43.2. The first-order chi connectivity index (χ1) is 5.91. The second kappa shape index (κ2) is 19.1. The first-order valence-electron chi connectivity index (χ1n) is 3.32. The molecule has 0 bridgehead atoms. The van der Waals surface area contributed by atoms with Crippen molar-refractivity contribution in [1.82, 2.24) is 0 Å². The van der Waals surface area contributed by atoms with Crippen LogP contribution in [0.4, 0.5) is 0 Å². The molecule has 13 heteroatoms. The predicted molar refractivity (Wildman–Crippen MR) is 59.4 cm³/mol. The van der Waals surface area contributed by atoms with Gasteiger partial charge in [0.25, 0.3) is 0 Å². The fraction of sp³-hybridized carbons (Fsp3) is 0.667. The lowest BCUT2D eigenvalue weighted by atomic mass is 10.0. The number of aldehydes is 1. The average molecular weight is 302 g/mol. The zero-order valence-electron chi connectivity index (χ0n) is 9.44. The summed E-state index contributed by atoms with van der Waals surface area (Å²) in [7, 11) is 0. The van der Waals surface area contributed by atoms with Crippen LogP contribution in [-0.4, -0.2) is 95.1 Å². The third-order valence-corrected chi connectivity index (χ3v) is 1.42. The Morgan fingerprint density at radius 2 is 1.11 bits per heavy atom. The Morgan fingerprint density at radius 3 is 1.32 bits per heavy atom. The molecule has 0 radical (unpaired) electrons. The van der Waals surface area contributed by atoms with Gasteiger partial charge in [-0.3, -0.25) is 0 Å². The topological polar surface area (TPSA) is 324 Å². The Balaban J connectivity index is -0.0000000480. The number of hydrogen-bond donors (Lipinski definition) is 5. The number of carboxylic acid groups (broad SMARTS) is 1. The molecule has 4 atom stereocenters. The number of aliphatic hydroxyl groups is 4. The molecule has 0 fully saturated rings. The number of rotatable bonds is 5. The molecule has 0 unspecified atom stereocenters. The van der Waals surface area contributed by atoms with Crippen molar-refractivity contribution in [3.05, 3.63) is 0 Å². The van der Waals surface area contributed by atoms with Crippen LogP contribution >= 0.6 is 0 Å². The van der Waals surface area contributed by atoms with Gasteiger partial charge in [-0.2, -0.15) is 0 Å². The second-order valence-electron chi connectivity index (χ2n) is 2.39. The highest BCUT2D eigenvalue weighted by molar-refractivity contribution is 5.73. The summed E-state index contributed by atoms with van der Waals surface area (Å²) >= 11 is 0. The lowest BCUT2D eigenvalue weighted by molar-refractivity contribution is -0.163. The highest BCUT2D eigenvalue weighted by atomic mass is 16.4. The average Bonchev–Trinajstić information content (AvgIpc) is 2.12. The van der Waals surface area contributed by atoms with Crippen molar-refractivity contribution in [3.63, 3.8) is 0 Å². The Morgan fingerprint density at radius 1 is 0.789 bits per heavy atom. The molecular formula is C6H22O13. The Kier molecular flexibility index (Phi) is 43.3. The van der Waals surface area contributed by atoms with E-state index in [1.165, 1.54) is 0 Å². The van der Waals surface area contributed by atoms with Crippen molar-refractivity contribution < 1.29 is 68.0 Å². The number of aliphatic carboxylic acids is 1. The number of carboxylic acids is 1. The lowest BCUT2D eigenvalue weighted by Gasteiger charge is -2.21. The zero-order valence-corrected chi connectivity index (χ0v) is 9.44. The molecule has 0 aliphatic carbocycles. The summed E-state index contributed by atoms with van der Waals surface area (Å²) in [5.74, 6) is -1.76. The normalized spacial score (nSPS) is 13.7. The zero-order chi connectivity index (χ0) is 10.6. The second-order valence-corrected chi connectivity index (χ2v) is 2.39. The van der Waals surface area contributed by atoms with E-state index >= 15 is 0 Å². The molecule has 0 aliphatic heterocycles. The van der Waals surface area contributed by atoms with Gasteiger partial charge in [0.1, 0.15) is 18.3 Å². The van der Waals surface area contributed by atoms with E-state index < -0.39 is 30.4 Å². The van der Waals surface area contributed by atoms with Gasteiger partial charge in [-0.05, 0) is 0 Å². The van der Waals surface area contributed by atoms with Gasteiger partial charge < -0.3 is 63.2 Å². The smallest absolute Gasteiger partial charge is 0.335 e. The van der Waals surface area contributed by atoms with Gasteiger partial charge in [0.2, 0.25) is 0 Å². The first kappa shape index (κ1) is 43.1. The highest BCUT2D eigenvalue weighted by Crippen LogP contribution is 2.03. The fourth-order valence-electron chi connectivity index (χ4n) is 0.615. The van der Waals surface area contributed by atoms with Gasteiger partial charge in [0.05, 0.1) is 0 Å². The summed E-state index contributed by atoms with van der Waals surface area (Å²) in [6.07, 6.45) is -8.39. The monoisotopic (exact) mass is 302 g/mol. The Labute approximate surface area is 106 Å².